The SMILES string of the molecule is CC(C)N1CCC(CNC(=O)Nc2ccccc2F)CC1. The Labute approximate surface area is 125 Å². The molecular formula is C16H24FN3O. The third-order valence-electron chi connectivity index (χ3n) is 4.05. The van der Waals surface area contributed by atoms with Gasteiger partial charge in [-0.15, -0.1) is 0 Å². The smallest absolute Gasteiger partial charge is 0.319 e. The van der Waals surface area contributed by atoms with Crippen molar-refractivity contribution in [1.82, 2.24) is 10.2 Å². The minimum Gasteiger partial charge on any atom is -0.338 e. The molecule has 4 nitrogen and oxygen atoms in total. The lowest BCUT2D eigenvalue weighted by Crippen LogP contribution is -2.42. The van der Waals surface area contributed by atoms with Crippen LogP contribution in [-0.4, -0.2) is 36.6 Å². The zero-order valence-electron chi connectivity index (χ0n) is 12.7. The van der Waals surface area contributed by atoms with Crippen molar-refractivity contribution in [1.29, 1.82) is 0 Å². The predicted octanol–water partition coefficient (Wildman–Crippen LogP) is 3.07. The van der Waals surface area contributed by atoms with Gasteiger partial charge in [0, 0.05) is 12.6 Å². The van der Waals surface area contributed by atoms with Crippen molar-refractivity contribution in [3.05, 3.63) is 30.1 Å². The van der Waals surface area contributed by atoms with Crippen LogP contribution in [0.5, 0.6) is 0 Å². The summed E-state index contributed by atoms with van der Waals surface area (Å²) in [7, 11) is 0. The van der Waals surface area contributed by atoms with E-state index in [9.17, 15) is 9.18 Å². The summed E-state index contributed by atoms with van der Waals surface area (Å²) in [5.74, 6) is 0.0873. The molecule has 0 bridgehead atoms. The molecule has 5 heteroatoms. The van der Waals surface area contributed by atoms with E-state index in [1.54, 1.807) is 18.2 Å². The van der Waals surface area contributed by atoms with Gasteiger partial charge in [0.1, 0.15) is 5.82 Å². The average Bonchev–Trinajstić information content (AvgIpc) is 2.48. The second-order valence-corrected chi connectivity index (χ2v) is 5.89. The van der Waals surface area contributed by atoms with Crippen LogP contribution in [0.1, 0.15) is 26.7 Å². The number of halogens is 1. The number of urea groups is 1. The van der Waals surface area contributed by atoms with E-state index in [0.717, 1.165) is 25.9 Å². The second kappa shape index (κ2) is 7.41. The Morgan fingerprint density at radius 1 is 1.33 bits per heavy atom. The quantitative estimate of drug-likeness (QED) is 0.896. The largest absolute Gasteiger partial charge is 0.338 e. The van der Waals surface area contributed by atoms with E-state index in [2.05, 4.69) is 29.4 Å². The molecule has 0 unspecified atom stereocenters. The molecule has 2 rings (SSSR count). The van der Waals surface area contributed by atoms with Crippen molar-refractivity contribution in [2.24, 2.45) is 5.92 Å². The van der Waals surface area contributed by atoms with Crippen LogP contribution in [0.4, 0.5) is 14.9 Å². The van der Waals surface area contributed by atoms with Gasteiger partial charge in [-0.05, 0) is 57.8 Å². The van der Waals surface area contributed by atoms with Crippen LogP contribution in [0, 0.1) is 11.7 Å². The molecule has 2 amide bonds. The zero-order chi connectivity index (χ0) is 15.2. The lowest BCUT2D eigenvalue weighted by Gasteiger charge is -2.34. The molecule has 1 fully saturated rings. The number of nitrogens with zero attached hydrogens (tertiary/aromatic N) is 1. The molecule has 1 aliphatic rings. The Hall–Kier alpha value is -1.62. The Kier molecular flexibility index (Phi) is 5.56. The van der Waals surface area contributed by atoms with Crippen molar-refractivity contribution in [2.45, 2.75) is 32.7 Å². The van der Waals surface area contributed by atoms with Crippen molar-refractivity contribution < 1.29 is 9.18 Å². The van der Waals surface area contributed by atoms with Crippen LogP contribution in [0.3, 0.4) is 0 Å². The molecule has 116 valence electrons. The second-order valence-electron chi connectivity index (χ2n) is 5.89. The Bertz CT molecular complexity index is 470. The molecule has 1 saturated heterocycles. The number of anilines is 1. The first-order chi connectivity index (χ1) is 10.1. The molecular weight excluding hydrogens is 269 g/mol. The Morgan fingerprint density at radius 3 is 2.62 bits per heavy atom. The number of hydrogen-bond donors (Lipinski definition) is 2. The molecule has 1 aliphatic heterocycles. The van der Waals surface area contributed by atoms with E-state index in [1.165, 1.54) is 6.07 Å². The summed E-state index contributed by atoms with van der Waals surface area (Å²) in [5, 5.41) is 5.38. The Balaban J connectivity index is 1.72. The number of benzene rings is 1. The summed E-state index contributed by atoms with van der Waals surface area (Å²) < 4.78 is 13.4. The summed E-state index contributed by atoms with van der Waals surface area (Å²) in [4.78, 5) is 14.2. The highest BCUT2D eigenvalue weighted by Crippen LogP contribution is 2.18. The molecule has 0 saturated carbocycles. The minimum atomic E-state index is -0.419. The van der Waals surface area contributed by atoms with Gasteiger partial charge in [-0.1, -0.05) is 12.1 Å². The molecule has 0 spiro atoms. The maximum Gasteiger partial charge on any atom is 0.319 e. The average molecular weight is 293 g/mol. The Morgan fingerprint density at radius 2 is 2.00 bits per heavy atom. The summed E-state index contributed by atoms with van der Waals surface area (Å²) in [5.41, 5.74) is 0.213. The molecule has 1 aromatic rings. The fourth-order valence-corrected chi connectivity index (χ4v) is 2.64. The predicted molar refractivity (Wildman–Crippen MR) is 82.9 cm³/mol. The highest BCUT2D eigenvalue weighted by Gasteiger charge is 2.21. The normalized spacial score (nSPS) is 17.0. The number of para-hydroxylation sites is 1. The van der Waals surface area contributed by atoms with Crippen molar-refractivity contribution in [3.8, 4) is 0 Å². The van der Waals surface area contributed by atoms with Crippen LogP contribution >= 0.6 is 0 Å². The maximum absolute atomic E-state index is 13.4. The third kappa shape index (κ3) is 4.70. The minimum absolute atomic E-state index is 0.213. The highest BCUT2D eigenvalue weighted by molar-refractivity contribution is 5.89. The molecule has 21 heavy (non-hydrogen) atoms. The summed E-state index contributed by atoms with van der Waals surface area (Å²) in [6.45, 7) is 7.23. The standard InChI is InChI=1S/C16H24FN3O/c1-12(2)20-9-7-13(8-10-20)11-18-16(21)19-15-6-4-3-5-14(15)17/h3-6,12-13H,7-11H2,1-2H3,(H2,18,19,21). The topological polar surface area (TPSA) is 44.4 Å². The van der Waals surface area contributed by atoms with Crippen molar-refractivity contribution >= 4 is 11.7 Å². The van der Waals surface area contributed by atoms with E-state index in [4.69, 9.17) is 0 Å². The number of likely N-dealkylation sites (tertiary alicyclic amines) is 1. The molecule has 0 radical (unpaired) electrons. The molecule has 1 heterocycles. The lowest BCUT2D eigenvalue weighted by atomic mass is 9.96. The van der Waals surface area contributed by atoms with Crippen LogP contribution in [-0.2, 0) is 0 Å². The van der Waals surface area contributed by atoms with Gasteiger partial charge in [0.2, 0.25) is 0 Å². The first kappa shape index (κ1) is 15.8. The number of carbonyl (C=O) groups excluding carboxylic acids is 1. The first-order valence-corrected chi connectivity index (χ1v) is 7.59. The number of piperidine rings is 1. The van der Waals surface area contributed by atoms with Crippen LogP contribution in [0.15, 0.2) is 24.3 Å². The van der Waals surface area contributed by atoms with Gasteiger partial charge in [0.15, 0.2) is 0 Å². The number of nitrogens with one attached hydrogen (secondary N) is 2. The highest BCUT2D eigenvalue weighted by atomic mass is 19.1. The van der Waals surface area contributed by atoms with E-state index < -0.39 is 5.82 Å². The molecule has 1 aromatic carbocycles. The molecule has 0 atom stereocenters. The van der Waals surface area contributed by atoms with Gasteiger partial charge < -0.3 is 15.5 Å². The van der Waals surface area contributed by atoms with Gasteiger partial charge in [-0.2, -0.15) is 0 Å². The van der Waals surface area contributed by atoms with Gasteiger partial charge in [0.25, 0.3) is 0 Å². The number of rotatable bonds is 4. The lowest BCUT2D eigenvalue weighted by molar-refractivity contribution is 0.149. The monoisotopic (exact) mass is 293 g/mol. The zero-order valence-corrected chi connectivity index (χ0v) is 12.7. The number of carbonyl (C=O) groups is 1. The van der Waals surface area contributed by atoms with Gasteiger partial charge in [-0.3, -0.25) is 0 Å². The van der Waals surface area contributed by atoms with Crippen LogP contribution in [0.2, 0.25) is 0 Å². The third-order valence-corrected chi connectivity index (χ3v) is 4.05. The summed E-state index contributed by atoms with van der Waals surface area (Å²) in [6.07, 6.45) is 2.19. The molecule has 0 aromatic heterocycles. The maximum atomic E-state index is 13.4. The van der Waals surface area contributed by atoms with Crippen LogP contribution < -0.4 is 10.6 Å². The molecule has 2 N–H and O–H groups in total. The summed E-state index contributed by atoms with van der Waals surface area (Å²) >= 11 is 0. The first-order valence-electron chi connectivity index (χ1n) is 7.59. The van der Waals surface area contributed by atoms with Crippen molar-refractivity contribution in [3.63, 3.8) is 0 Å². The van der Waals surface area contributed by atoms with Gasteiger partial charge >= 0.3 is 6.03 Å². The van der Waals surface area contributed by atoms with E-state index in [1.807, 2.05) is 0 Å². The van der Waals surface area contributed by atoms with Crippen molar-refractivity contribution in [2.75, 3.05) is 25.0 Å². The van der Waals surface area contributed by atoms with E-state index >= 15 is 0 Å². The fraction of sp³-hybridized carbons (Fsp3) is 0.562. The van der Waals surface area contributed by atoms with Crippen LogP contribution in [0.25, 0.3) is 0 Å². The number of hydrogen-bond acceptors (Lipinski definition) is 2. The van der Waals surface area contributed by atoms with Gasteiger partial charge in [-0.25, -0.2) is 9.18 Å². The summed E-state index contributed by atoms with van der Waals surface area (Å²) in [6, 6.07) is 6.42. The number of amides is 2. The van der Waals surface area contributed by atoms with Gasteiger partial charge in [0.05, 0.1) is 5.69 Å². The fourth-order valence-electron chi connectivity index (χ4n) is 2.64. The van der Waals surface area contributed by atoms with E-state index in [0.29, 0.717) is 18.5 Å². The molecule has 0 aliphatic carbocycles. The van der Waals surface area contributed by atoms with E-state index in [-0.39, 0.29) is 11.7 Å².